The molecule has 23 heavy (non-hydrogen) atoms. The van der Waals surface area contributed by atoms with Gasteiger partial charge in [0.05, 0.1) is 12.7 Å². The molecule has 1 amide bonds. The van der Waals surface area contributed by atoms with E-state index in [1.807, 2.05) is 25.2 Å². The molecule has 2 aliphatic heterocycles. The maximum atomic E-state index is 12.0. The predicted octanol–water partition coefficient (Wildman–Crippen LogP) is 1.49. The summed E-state index contributed by atoms with van der Waals surface area (Å²) in [6.45, 7) is 4.29. The number of anilines is 1. The van der Waals surface area contributed by atoms with Crippen LogP contribution in [0.1, 0.15) is 19.3 Å². The first-order valence-electron chi connectivity index (χ1n) is 8.61. The third-order valence-corrected chi connectivity index (χ3v) is 4.86. The molecule has 1 aromatic carbocycles. The molecule has 0 radical (unpaired) electrons. The number of carbonyl (C=O) groups excluding carboxylic acids is 1. The van der Waals surface area contributed by atoms with E-state index in [2.05, 4.69) is 27.2 Å². The molecule has 0 spiro atoms. The number of hydrogen-bond acceptors (Lipinski definition) is 4. The summed E-state index contributed by atoms with van der Waals surface area (Å²) in [7, 11) is 2.01. The number of ether oxygens (including phenoxy) is 1. The van der Waals surface area contributed by atoms with Crippen molar-refractivity contribution < 1.29 is 9.53 Å². The average Bonchev–Trinajstić information content (AvgIpc) is 3.06. The van der Waals surface area contributed by atoms with Crippen LogP contribution in [-0.2, 0) is 9.53 Å². The summed E-state index contributed by atoms with van der Waals surface area (Å²) in [6, 6.07) is 10.7. The van der Waals surface area contributed by atoms with Gasteiger partial charge in [-0.25, -0.2) is 0 Å². The first kappa shape index (κ1) is 16.3. The Balaban J connectivity index is 1.35. The van der Waals surface area contributed by atoms with Crippen LogP contribution in [0.25, 0.3) is 0 Å². The van der Waals surface area contributed by atoms with Crippen molar-refractivity contribution in [3.8, 4) is 0 Å². The molecule has 126 valence electrons. The Bertz CT molecular complexity index is 508. The Kier molecular flexibility index (Phi) is 5.51. The van der Waals surface area contributed by atoms with Gasteiger partial charge in [-0.3, -0.25) is 9.69 Å². The van der Waals surface area contributed by atoms with Gasteiger partial charge in [-0.2, -0.15) is 0 Å². The topological polar surface area (TPSA) is 44.8 Å². The maximum Gasteiger partial charge on any atom is 0.221 e. The average molecular weight is 317 g/mol. The number of carbonyl (C=O) groups is 1. The second kappa shape index (κ2) is 7.79. The zero-order valence-electron chi connectivity index (χ0n) is 13.9. The number of nitrogens with zero attached hydrogens (tertiary/aromatic N) is 2. The lowest BCUT2D eigenvalue weighted by Gasteiger charge is -2.35. The van der Waals surface area contributed by atoms with E-state index in [0.717, 1.165) is 25.4 Å². The van der Waals surface area contributed by atoms with Gasteiger partial charge in [-0.15, -0.1) is 0 Å². The molecule has 0 saturated carbocycles. The van der Waals surface area contributed by atoms with Crippen molar-refractivity contribution in [2.75, 3.05) is 44.7 Å². The van der Waals surface area contributed by atoms with E-state index in [9.17, 15) is 4.79 Å². The van der Waals surface area contributed by atoms with E-state index in [1.165, 1.54) is 19.4 Å². The lowest BCUT2D eigenvalue weighted by atomic mass is 10.2. The minimum atomic E-state index is 0.0972. The van der Waals surface area contributed by atoms with Gasteiger partial charge in [0.15, 0.2) is 0 Å². The minimum absolute atomic E-state index is 0.0972. The molecule has 3 rings (SSSR count). The fourth-order valence-electron chi connectivity index (χ4n) is 3.41. The molecule has 2 unspecified atom stereocenters. The highest BCUT2D eigenvalue weighted by Crippen LogP contribution is 2.22. The van der Waals surface area contributed by atoms with Crippen LogP contribution in [0.15, 0.2) is 30.3 Å². The van der Waals surface area contributed by atoms with Crippen molar-refractivity contribution in [2.24, 2.45) is 0 Å². The molecule has 0 bridgehead atoms. The van der Waals surface area contributed by atoms with Gasteiger partial charge in [0.2, 0.25) is 5.91 Å². The second-order valence-corrected chi connectivity index (χ2v) is 6.56. The smallest absolute Gasteiger partial charge is 0.221 e. The van der Waals surface area contributed by atoms with Gasteiger partial charge in [-0.1, -0.05) is 18.2 Å². The molecular weight excluding hydrogens is 290 g/mol. The number of nitrogens with one attached hydrogen (secondary N) is 1. The summed E-state index contributed by atoms with van der Waals surface area (Å²) in [6.07, 6.45) is 3.18. The van der Waals surface area contributed by atoms with Gasteiger partial charge in [0.25, 0.3) is 0 Å². The Morgan fingerprint density at radius 1 is 1.39 bits per heavy atom. The van der Waals surface area contributed by atoms with Crippen LogP contribution >= 0.6 is 0 Å². The number of benzene rings is 1. The quantitative estimate of drug-likeness (QED) is 0.863. The van der Waals surface area contributed by atoms with E-state index in [1.54, 1.807) is 0 Å². The number of fused-ring (bicyclic) bond motifs is 1. The molecule has 2 fully saturated rings. The number of hydrogen-bond donors (Lipinski definition) is 1. The highest BCUT2D eigenvalue weighted by molar-refractivity contribution is 5.76. The molecule has 2 atom stereocenters. The monoisotopic (exact) mass is 317 g/mol. The van der Waals surface area contributed by atoms with Crippen molar-refractivity contribution in [2.45, 2.75) is 31.4 Å². The fraction of sp³-hybridized carbons (Fsp3) is 0.611. The Hall–Kier alpha value is -1.59. The number of amides is 1. The summed E-state index contributed by atoms with van der Waals surface area (Å²) >= 11 is 0. The summed E-state index contributed by atoms with van der Waals surface area (Å²) in [5, 5.41) is 3.02. The maximum absolute atomic E-state index is 12.0. The van der Waals surface area contributed by atoms with Crippen molar-refractivity contribution >= 4 is 11.6 Å². The first-order chi connectivity index (χ1) is 11.2. The summed E-state index contributed by atoms with van der Waals surface area (Å²) in [4.78, 5) is 16.6. The van der Waals surface area contributed by atoms with Crippen molar-refractivity contribution in [3.05, 3.63) is 30.3 Å². The van der Waals surface area contributed by atoms with Crippen molar-refractivity contribution in [1.29, 1.82) is 0 Å². The zero-order chi connectivity index (χ0) is 16.1. The number of para-hydroxylation sites is 1. The van der Waals surface area contributed by atoms with Gasteiger partial charge < -0.3 is 15.0 Å². The summed E-state index contributed by atoms with van der Waals surface area (Å²) in [5.41, 5.74) is 1.14. The van der Waals surface area contributed by atoms with E-state index in [0.29, 0.717) is 19.0 Å². The van der Waals surface area contributed by atoms with Crippen molar-refractivity contribution in [1.82, 2.24) is 10.2 Å². The largest absolute Gasteiger partial charge is 0.374 e. The van der Waals surface area contributed by atoms with E-state index in [-0.39, 0.29) is 12.0 Å². The normalized spacial score (nSPS) is 24.2. The van der Waals surface area contributed by atoms with Gasteiger partial charge in [0.1, 0.15) is 0 Å². The minimum Gasteiger partial charge on any atom is -0.374 e. The van der Waals surface area contributed by atoms with Crippen LogP contribution in [0.4, 0.5) is 5.69 Å². The molecule has 0 aromatic heterocycles. The molecule has 1 aromatic rings. The van der Waals surface area contributed by atoms with Gasteiger partial charge in [0, 0.05) is 44.8 Å². The molecular formula is C18H27N3O2. The van der Waals surface area contributed by atoms with E-state index in [4.69, 9.17) is 4.74 Å². The summed E-state index contributed by atoms with van der Waals surface area (Å²) in [5.74, 6) is 0.0972. The highest BCUT2D eigenvalue weighted by Gasteiger charge is 2.32. The molecule has 5 nitrogen and oxygen atoms in total. The Morgan fingerprint density at radius 3 is 3.04 bits per heavy atom. The standard InChI is InChI=1S/C18H27N3O2/c1-20(15-6-3-2-4-7-15)11-9-18(22)19-12-17-13-21-10-5-8-16(21)14-23-17/h2-4,6-7,16-17H,5,8-14H2,1H3,(H,19,22). The molecule has 2 heterocycles. The van der Waals surface area contributed by atoms with Crippen LogP contribution in [0.3, 0.4) is 0 Å². The first-order valence-corrected chi connectivity index (χ1v) is 8.61. The van der Waals surface area contributed by atoms with E-state index < -0.39 is 0 Å². The second-order valence-electron chi connectivity index (χ2n) is 6.56. The van der Waals surface area contributed by atoms with E-state index >= 15 is 0 Å². The number of rotatable bonds is 6. The van der Waals surface area contributed by atoms with Crippen LogP contribution in [0.5, 0.6) is 0 Å². The highest BCUT2D eigenvalue weighted by atomic mass is 16.5. The fourth-order valence-corrected chi connectivity index (χ4v) is 3.41. The van der Waals surface area contributed by atoms with Crippen LogP contribution in [0, 0.1) is 0 Å². The van der Waals surface area contributed by atoms with Gasteiger partial charge in [-0.05, 0) is 31.5 Å². The lowest BCUT2D eigenvalue weighted by Crippen LogP contribution is -2.50. The van der Waals surface area contributed by atoms with Crippen LogP contribution in [-0.4, -0.2) is 62.8 Å². The van der Waals surface area contributed by atoms with Crippen LogP contribution in [0.2, 0.25) is 0 Å². The summed E-state index contributed by atoms with van der Waals surface area (Å²) < 4.78 is 5.87. The lowest BCUT2D eigenvalue weighted by molar-refractivity contribution is -0.122. The van der Waals surface area contributed by atoms with Crippen molar-refractivity contribution in [3.63, 3.8) is 0 Å². The SMILES string of the molecule is CN(CCC(=O)NCC1CN2CCCC2CO1)c1ccccc1. The predicted molar refractivity (Wildman–Crippen MR) is 91.7 cm³/mol. The van der Waals surface area contributed by atoms with Gasteiger partial charge >= 0.3 is 0 Å². The third-order valence-electron chi connectivity index (χ3n) is 4.86. The Morgan fingerprint density at radius 2 is 2.22 bits per heavy atom. The third kappa shape index (κ3) is 4.45. The molecule has 1 N–H and O–H groups in total. The molecule has 5 heteroatoms. The molecule has 2 aliphatic rings. The molecule has 0 aliphatic carbocycles. The zero-order valence-corrected chi connectivity index (χ0v) is 13.9. The number of morpholine rings is 1. The molecule has 2 saturated heterocycles. The van der Waals surface area contributed by atoms with Crippen LogP contribution < -0.4 is 10.2 Å². The Labute approximate surface area is 138 Å².